The molecule has 0 spiro atoms. The van der Waals surface area contributed by atoms with Gasteiger partial charge in [-0.3, -0.25) is 0 Å². The van der Waals surface area contributed by atoms with Gasteiger partial charge in [-0.15, -0.1) is 0 Å². The Morgan fingerprint density at radius 1 is 1.00 bits per heavy atom. The van der Waals surface area contributed by atoms with Gasteiger partial charge in [0.25, 0.3) is 0 Å². The van der Waals surface area contributed by atoms with Gasteiger partial charge in [0.15, 0.2) is 0 Å². The normalized spacial score (nSPS) is 14.5. The maximum atomic E-state index is 5.35. The van der Waals surface area contributed by atoms with Crippen LogP contribution in [0.4, 0.5) is 5.82 Å². The van der Waals surface area contributed by atoms with E-state index in [0.29, 0.717) is 12.4 Å². The molecule has 0 saturated carbocycles. The highest BCUT2D eigenvalue weighted by Gasteiger charge is 2.17. The van der Waals surface area contributed by atoms with Crippen LogP contribution in [-0.2, 0) is 13.1 Å². The SMILES string of the molecule is COc1ncccc1CNCc1cc2ccccc2nc1N1CCCCC1. The zero-order valence-corrected chi connectivity index (χ0v) is 15.8. The van der Waals surface area contributed by atoms with Crippen molar-refractivity contribution in [1.29, 1.82) is 0 Å². The maximum absolute atomic E-state index is 5.35. The Balaban J connectivity index is 1.57. The quantitative estimate of drug-likeness (QED) is 0.720. The Labute approximate surface area is 160 Å². The smallest absolute Gasteiger partial charge is 0.217 e. The number of nitrogens with one attached hydrogen (secondary N) is 1. The van der Waals surface area contributed by atoms with Crippen molar-refractivity contribution in [2.75, 3.05) is 25.1 Å². The molecule has 0 amide bonds. The number of piperidine rings is 1. The summed E-state index contributed by atoms with van der Waals surface area (Å²) in [5.74, 6) is 1.80. The molecule has 0 aliphatic carbocycles. The topological polar surface area (TPSA) is 50.3 Å². The number of fused-ring (bicyclic) bond motifs is 1. The van der Waals surface area contributed by atoms with Crippen molar-refractivity contribution in [3.8, 4) is 5.88 Å². The Morgan fingerprint density at radius 3 is 2.67 bits per heavy atom. The highest BCUT2D eigenvalue weighted by Crippen LogP contribution is 2.26. The van der Waals surface area contributed by atoms with E-state index in [2.05, 4.69) is 45.5 Å². The molecular formula is C22H26N4O. The molecule has 0 atom stereocenters. The third-order valence-electron chi connectivity index (χ3n) is 5.11. The van der Waals surface area contributed by atoms with E-state index in [9.17, 15) is 0 Å². The number of hydrogen-bond donors (Lipinski definition) is 1. The van der Waals surface area contributed by atoms with Crippen LogP contribution in [-0.4, -0.2) is 30.2 Å². The van der Waals surface area contributed by atoms with Gasteiger partial charge in [-0.25, -0.2) is 9.97 Å². The van der Waals surface area contributed by atoms with Crippen molar-refractivity contribution in [3.63, 3.8) is 0 Å². The summed E-state index contributed by atoms with van der Waals surface area (Å²) < 4.78 is 5.35. The molecule has 4 rings (SSSR count). The highest BCUT2D eigenvalue weighted by molar-refractivity contribution is 5.81. The number of para-hydroxylation sites is 1. The van der Waals surface area contributed by atoms with Crippen molar-refractivity contribution < 1.29 is 4.74 Å². The van der Waals surface area contributed by atoms with E-state index in [1.807, 2.05) is 12.1 Å². The molecule has 0 radical (unpaired) electrons. The summed E-state index contributed by atoms with van der Waals surface area (Å²) in [4.78, 5) is 11.7. The van der Waals surface area contributed by atoms with E-state index < -0.39 is 0 Å². The van der Waals surface area contributed by atoms with Crippen LogP contribution in [0, 0.1) is 0 Å². The van der Waals surface area contributed by atoms with E-state index in [1.54, 1.807) is 13.3 Å². The van der Waals surface area contributed by atoms with Crippen LogP contribution in [0.15, 0.2) is 48.7 Å². The van der Waals surface area contributed by atoms with Gasteiger partial charge >= 0.3 is 0 Å². The Kier molecular flexibility index (Phi) is 5.49. The van der Waals surface area contributed by atoms with Crippen molar-refractivity contribution in [1.82, 2.24) is 15.3 Å². The van der Waals surface area contributed by atoms with E-state index >= 15 is 0 Å². The third kappa shape index (κ3) is 4.03. The van der Waals surface area contributed by atoms with Gasteiger partial charge in [-0.1, -0.05) is 24.3 Å². The van der Waals surface area contributed by atoms with Crippen molar-refractivity contribution >= 4 is 16.7 Å². The molecule has 1 saturated heterocycles. The lowest BCUT2D eigenvalue weighted by atomic mass is 10.1. The summed E-state index contributed by atoms with van der Waals surface area (Å²) in [5, 5.41) is 4.74. The second-order valence-corrected chi connectivity index (χ2v) is 6.99. The fraction of sp³-hybridized carbons (Fsp3) is 0.364. The molecule has 1 aromatic carbocycles. The molecule has 1 aliphatic heterocycles. The summed E-state index contributed by atoms with van der Waals surface area (Å²) in [6.07, 6.45) is 5.56. The van der Waals surface area contributed by atoms with Crippen molar-refractivity contribution in [2.24, 2.45) is 0 Å². The van der Waals surface area contributed by atoms with Crippen LogP contribution in [0.2, 0.25) is 0 Å². The number of anilines is 1. The summed E-state index contributed by atoms with van der Waals surface area (Å²) in [7, 11) is 1.66. The van der Waals surface area contributed by atoms with Gasteiger partial charge in [0, 0.05) is 48.9 Å². The van der Waals surface area contributed by atoms with Crippen LogP contribution < -0.4 is 15.0 Å². The molecule has 0 bridgehead atoms. The average molecular weight is 362 g/mol. The number of methoxy groups -OCH3 is 1. The molecule has 1 aliphatic rings. The molecule has 3 heterocycles. The van der Waals surface area contributed by atoms with E-state index in [4.69, 9.17) is 9.72 Å². The monoisotopic (exact) mass is 362 g/mol. The molecule has 2 aromatic heterocycles. The number of pyridine rings is 2. The number of benzene rings is 1. The summed E-state index contributed by atoms with van der Waals surface area (Å²) in [6.45, 7) is 3.66. The molecule has 1 fully saturated rings. The van der Waals surface area contributed by atoms with E-state index in [1.165, 1.54) is 30.2 Å². The van der Waals surface area contributed by atoms with Crippen LogP contribution in [0.25, 0.3) is 10.9 Å². The second-order valence-electron chi connectivity index (χ2n) is 6.99. The molecule has 1 N–H and O–H groups in total. The number of rotatable bonds is 6. The van der Waals surface area contributed by atoms with Crippen LogP contribution in [0.1, 0.15) is 30.4 Å². The average Bonchev–Trinajstić information content (AvgIpc) is 2.74. The van der Waals surface area contributed by atoms with Crippen molar-refractivity contribution in [3.05, 3.63) is 59.8 Å². The predicted octanol–water partition coefficient (Wildman–Crippen LogP) is 3.92. The van der Waals surface area contributed by atoms with Gasteiger partial charge < -0.3 is 15.0 Å². The first-order valence-corrected chi connectivity index (χ1v) is 9.67. The maximum Gasteiger partial charge on any atom is 0.217 e. The lowest BCUT2D eigenvalue weighted by Crippen LogP contribution is -2.31. The van der Waals surface area contributed by atoms with Crippen LogP contribution in [0.5, 0.6) is 5.88 Å². The second kappa shape index (κ2) is 8.35. The molecule has 27 heavy (non-hydrogen) atoms. The zero-order valence-electron chi connectivity index (χ0n) is 15.8. The lowest BCUT2D eigenvalue weighted by molar-refractivity contribution is 0.390. The third-order valence-corrected chi connectivity index (χ3v) is 5.11. The fourth-order valence-electron chi connectivity index (χ4n) is 3.73. The van der Waals surface area contributed by atoms with Gasteiger partial charge in [0.05, 0.1) is 12.6 Å². The number of nitrogens with zero attached hydrogens (tertiary/aromatic N) is 3. The first-order chi connectivity index (χ1) is 13.3. The summed E-state index contributed by atoms with van der Waals surface area (Å²) in [6, 6.07) is 14.6. The Hall–Kier alpha value is -2.66. The minimum absolute atomic E-state index is 0.679. The molecule has 140 valence electrons. The lowest BCUT2D eigenvalue weighted by Gasteiger charge is -2.30. The molecule has 0 unspecified atom stereocenters. The molecular weight excluding hydrogens is 336 g/mol. The van der Waals surface area contributed by atoms with Gasteiger partial charge in [-0.05, 0) is 37.5 Å². The van der Waals surface area contributed by atoms with Crippen LogP contribution >= 0.6 is 0 Å². The van der Waals surface area contributed by atoms with Crippen LogP contribution in [0.3, 0.4) is 0 Å². The predicted molar refractivity (Wildman–Crippen MR) is 109 cm³/mol. The number of hydrogen-bond acceptors (Lipinski definition) is 5. The fourth-order valence-corrected chi connectivity index (χ4v) is 3.73. The van der Waals surface area contributed by atoms with Gasteiger partial charge in [-0.2, -0.15) is 0 Å². The standard InChI is InChI=1S/C22H26N4O/c1-27-22-18(9-7-11-24-22)15-23-16-19-14-17-8-3-4-10-20(17)25-21(19)26-12-5-2-6-13-26/h3-4,7-11,14,23H,2,5-6,12-13,15-16H2,1H3. The summed E-state index contributed by atoms with van der Waals surface area (Å²) >= 11 is 0. The van der Waals surface area contributed by atoms with E-state index in [0.717, 1.165) is 36.5 Å². The molecule has 5 nitrogen and oxygen atoms in total. The molecule has 5 heteroatoms. The highest BCUT2D eigenvalue weighted by atomic mass is 16.5. The largest absolute Gasteiger partial charge is 0.481 e. The minimum Gasteiger partial charge on any atom is -0.481 e. The number of aromatic nitrogens is 2. The molecule has 3 aromatic rings. The summed E-state index contributed by atoms with van der Waals surface area (Å²) in [5.41, 5.74) is 3.38. The zero-order chi connectivity index (χ0) is 18.5. The Morgan fingerprint density at radius 2 is 1.81 bits per heavy atom. The van der Waals surface area contributed by atoms with Gasteiger partial charge in [0.1, 0.15) is 5.82 Å². The van der Waals surface area contributed by atoms with E-state index in [-0.39, 0.29) is 0 Å². The first kappa shape index (κ1) is 17.7. The van der Waals surface area contributed by atoms with Crippen molar-refractivity contribution in [2.45, 2.75) is 32.4 Å². The first-order valence-electron chi connectivity index (χ1n) is 9.67. The number of ether oxygens (including phenoxy) is 1. The Bertz CT molecular complexity index is 906. The minimum atomic E-state index is 0.679. The van der Waals surface area contributed by atoms with Gasteiger partial charge in [0.2, 0.25) is 5.88 Å².